The van der Waals surface area contributed by atoms with Crippen LogP contribution in [-0.2, 0) is 33.3 Å². The Bertz CT molecular complexity index is 578. The van der Waals surface area contributed by atoms with Crippen molar-refractivity contribution in [2.24, 2.45) is 0 Å². The maximum atomic E-state index is 12.3. The lowest BCUT2D eigenvalue weighted by molar-refractivity contribution is -0.303. The molecule has 0 aliphatic carbocycles. The molecule has 25 heavy (non-hydrogen) atoms. The molecule has 1 aliphatic rings. The first-order valence-corrected chi connectivity index (χ1v) is 8.95. The predicted octanol–water partition coefficient (Wildman–Crippen LogP) is 2.49. The van der Waals surface area contributed by atoms with E-state index in [0.29, 0.717) is 0 Å². The summed E-state index contributed by atoms with van der Waals surface area (Å²) in [6.45, 7) is 7.24. The minimum atomic E-state index is -5.71. The fraction of sp³-hybridized carbons (Fsp3) is 0.929. The minimum absolute atomic E-state index is 0.0178. The highest BCUT2D eigenvalue weighted by Crippen LogP contribution is 2.31. The topological polar surface area (TPSA) is 88.1 Å². The van der Waals surface area contributed by atoms with E-state index in [1.54, 1.807) is 20.8 Å². The summed E-state index contributed by atoms with van der Waals surface area (Å²) in [5.41, 5.74) is -6.20. The normalized spacial score (nSPS) is 24.8. The SMILES string of the molecule is CC(C)(C)OC(=O)C[C@H]1C[C@@H](COS(=O)(=O)C(F)(F)F)OC(C)(C)O1. The standard InChI is InChI=1S/C14H23F3O7S/c1-12(2,3)24-11(18)7-9-6-10(23-13(4,5)22-9)8-21-25(19,20)14(15,16)17/h9-10H,6-8H2,1-5H3/t9-,10+/m1/s1. The molecular weight excluding hydrogens is 369 g/mol. The van der Waals surface area contributed by atoms with Crippen LogP contribution in [0.2, 0.25) is 0 Å². The largest absolute Gasteiger partial charge is 0.523 e. The summed E-state index contributed by atoms with van der Waals surface area (Å²) in [6, 6.07) is 0. The van der Waals surface area contributed by atoms with Gasteiger partial charge in [-0.1, -0.05) is 0 Å². The molecule has 0 saturated carbocycles. The predicted molar refractivity (Wildman–Crippen MR) is 79.8 cm³/mol. The third-order valence-electron chi connectivity index (χ3n) is 2.93. The van der Waals surface area contributed by atoms with Gasteiger partial charge in [0.1, 0.15) is 5.60 Å². The molecular formula is C14H23F3O7S. The molecule has 1 heterocycles. The first kappa shape index (κ1) is 22.1. The number of carbonyl (C=O) groups excluding carboxylic acids is 1. The average Bonchev–Trinajstić information content (AvgIpc) is 2.30. The van der Waals surface area contributed by atoms with Gasteiger partial charge in [0.2, 0.25) is 0 Å². The zero-order valence-electron chi connectivity index (χ0n) is 14.7. The molecule has 1 aliphatic heterocycles. The second kappa shape index (κ2) is 7.37. The summed E-state index contributed by atoms with van der Waals surface area (Å²) in [4.78, 5) is 11.9. The highest BCUT2D eigenvalue weighted by atomic mass is 32.2. The van der Waals surface area contributed by atoms with Crippen LogP contribution in [0.15, 0.2) is 0 Å². The lowest BCUT2D eigenvalue weighted by atomic mass is 10.1. The minimum Gasteiger partial charge on any atom is -0.460 e. The molecule has 1 saturated heterocycles. The van der Waals surface area contributed by atoms with Gasteiger partial charge in [0, 0.05) is 6.42 Å². The van der Waals surface area contributed by atoms with Crippen molar-refractivity contribution in [1.82, 2.24) is 0 Å². The molecule has 0 amide bonds. The Morgan fingerprint density at radius 1 is 1.16 bits per heavy atom. The van der Waals surface area contributed by atoms with E-state index in [1.165, 1.54) is 13.8 Å². The van der Waals surface area contributed by atoms with E-state index in [4.69, 9.17) is 14.2 Å². The van der Waals surface area contributed by atoms with Gasteiger partial charge in [-0.3, -0.25) is 8.98 Å². The molecule has 148 valence electrons. The highest BCUT2D eigenvalue weighted by molar-refractivity contribution is 7.87. The van der Waals surface area contributed by atoms with Crippen molar-refractivity contribution >= 4 is 16.1 Å². The van der Waals surface area contributed by atoms with Crippen LogP contribution in [0, 0.1) is 0 Å². The van der Waals surface area contributed by atoms with Gasteiger partial charge in [-0.25, -0.2) is 0 Å². The van der Waals surface area contributed by atoms with Gasteiger partial charge in [0.25, 0.3) is 0 Å². The third-order valence-corrected chi connectivity index (χ3v) is 3.95. The summed E-state index contributed by atoms with van der Waals surface area (Å²) in [7, 11) is -5.71. The smallest absolute Gasteiger partial charge is 0.460 e. The van der Waals surface area contributed by atoms with Crippen LogP contribution in [0.4, 0.5) is 13.2 Å². The van der Waals surface area contributed by atoms with Crippen LogP contribution >= 0.6 is 0 Å². The van der Waals surface area contributed by atoms with E-state index in [0.717, 1.165) is 0 Å². The molecule has 0 aromatic carbocycles. The summed E-state index contributed by atoms with van der Waals surface area (Å²) < 4.78 is 78.9. The second-order valence-corrected chi connectivity index (χ2v) is 8.70. The van der Waals surface area contributed by atoms with Crippen LogP contribution < -0.4 is 0 Å². The van der Waals surface area contributed by atoms with Crippen LogP contribution in [0.3, 0.4) is 0 Å². The van der Waals surface area contributed by atoms with Gasteiger partial charge in [-0.05, 0) is 34.6 Å². The average molecular weight is 392 g/mol. The van der Waals surface area contributed by atoms with E-state index in [2.05, 4.69) is 4.18 Å². The molecule has 11 heteroatoms. The van der Waals surface area contributed by atoms with Crippen molar-refractivity contribution in [1.29, 1.82) is 0 Å². The first-order chi connectivity index (χ1) is 11.0. The summed E-state index contributed by atoms with van der Waals surface area (Å²) in [6.07, 6.45) is -1.86. The quantitative estimate of drug-likeness (QED) is 0.403. The second-order valence-electron chi connectivity index (χ2n) is 7.09. The van der Waals surface area contributed by atoms with Crippen LogP contribution in [-0.4, -0.2) is 50.1 Å². The number of esters is 1. The summed E-state index contributed by atoms with van der Waals surface area (Å²) in [5.74, 6) is -1.77. The van der Waals surface area contributed by atoms with Gasteiger partial charge >= 0.3 is 21.6 Å². The number of ether oxygens (including phenoxy) is 3. The van der Waals surface area contributed by atoms with E-state index in [9.17, 15) is 26.4 Å². The number of carbonyl (C=O) groups is 1. The molecule has 1 rings (SSSR count). The number of halogens is 3. The number of hydrogen-bond donors (Lipinski definition) is 0. The Morgan fingerprint density at radius 3 is 2.16 bits per heavy atom. The number of rotatable bonds is 5. The maximum absolute atomic E-state index is 12.3. The van der Waals surface area contributed by atoms with Gasteiger partial charge < -0.3 is 14.2 Å². The fourth-order valence-corrected chi connectivity index (χ4v) is 2.71. The van der Waals surface area contributed by atoms with Crippen molar-refractivity contribution in [3.63, 3.8) is 0 Å². The Hall–Kier alpha value is -0.910. The molecule has 0 aromatic heterocycles. The monoisotopic (exact) mass is 392 g/mol. The van der Waals surface area contributed by atoms with E-state index in [1.807, 2.05) is 0 Å². The Kier molecular flexibility index (Phi) is 6.53. The molecule has 0 unspecified atom stereocenters. The zero-order chi connectivity index (χ0) is 19.7. The van der Waals surface area contributed by atoms with Crippen molar-refractivity contribution in [2.75, 3.05) is 6.61 Å². The first-order valence-electron chi connectivity index (χ1n) is 7.54. The van der Waals surface area contributed by atoms with Gasteiger partial charge in [-0.2, -0.15) is 21.6 Å². The maximum Gasteiger partial charge on any atom is 0.523 e. The molecule has 0 bridgehead atoms. The molecule has 1 fully saturated rings. The summed E-state index contributed by atoms with van der Waals surface area (Å²) in [5, 5.41) is 0. The Labute approximate surface area is 144 Å². The molecule has 0 aromatic rings. The van der Waals surface area contributed by atoms with Gasteiger partial charge in [-0.15, -0.1) is 0 Å². The van der Waals surface area contributed by atoms with Crippen molar-refractivity contribution in [3.05, 3.63) is 0 Å². The molecule has 0 radical (unpaired) electrons. The Balaban J connectivity index is 2.69. The van der Waals surface area contributed by atoms with Gasteiger partial charge in [0.05, 0.1) is 25.2 Å². The van der Waals surface area contributed by atoms with E-state index >= 15 is 0 Å². The van der Waals surface area contributed by atoms with E-state index in [-0.39, 0.29) is 12.8 Å². The molecule has 0 N–H and O–H groups in total. The molecule has 0 spiro atoms. The summed E-state index contributed by atoms with van der Waals surface area (Å²) >= 11 is 0. The number of alkyl halides is 3. The lowest BCUT2D eigenvalue weighted by Crippen LogP contribution is -2.47. The van der Waals surface area contributed by atoms with Crippen molar-refractivity contribution in [2.45, 2.75) is 76.6 Å². The molecule has 2 atom stereocenters. The van der Waals surface area contributed by atoms with E-state index < -0.39 is 51.8 Å². The van der Waals surface area contributed by atoms with Crippen LogP contribution in [0.5, 0.6) is 0 Å². The third kappa shape index (κ3) is 7.47. The van der Waals surface area contributed by atoms with Gasteiger partial charge in [0.15, 0.2) is 5.79 Å². The van der Waals surface area contributed by atoms with Crippen molar-refractivity contribution < 1.29 is 44.8 Å². The fourth-order valence-electron chi connectivity index (χ4n) is 2.25. The molecule has 7 nitrogen and oxygen atoms in total. The lowest BCUT2D eigenvalue weighted by Gasteiger charge is -2.40. The van der Waals surface area contributed by atoms with Crippen molar-refractivity contribution in [3.8, 4) is 0 Å². The highest BCUT2D eigenvalue weighted by Gasteiger charge is 2.48. The Morgan fingerprint density at radius 2 is 1.68 bits per heavy atom. The zero-order valence-corrected chi connectivity index (χ0v) is 15.5. The van der Waals surface area contributed by atoms with Crippen LogP contribution in [0.25, 0.3) is 0 Å². The van der Waals surface area contributed by atoms with Crippen LogP contribution in [0.1, 0.15) is 47.5 Å². The number of hydrogen-bond acceptors (Lipinski definition) is 7.